The van der Waals surface area contributed by atoms with Crippen LogP contribution in [0.15, 0.2) is 6.07 Å². The standard InChI is InChI=1S/C14H21NS/c15-14(10-5-2-1-3-6-10)13-9-11-7-4-8-12(11)16-13/h9-10,14H,1-8,15H2. The van der Waals surface area contributed by atoms with Crippen molar-refractivity contribution in [2.24, 2.45) is 11.7 Å². The lowest BCUT2D eigenvalue weighted by atomic mass is 9.83. The molecule has 1 aromatic heterocycles. The van der Waals surface area contributed by atoms with E-state index in [-0.39, 0.29) is 0 Å². The van der Waals surface area contributed by atoms with E-state index in [0.717, 1.165) is 5.92 Å². The third kappa shape index (κ3) is 1.93. The monoisotopic (exact) mass is 235 g/mol. The molecule has 0 bridgehead atoms. The zero-order valence-corrected chi connectivity index (χ0v) is 10.7. The molecule has 3 rings (SSSR count). The molecule has 1 nitrogen and oxygen atoms in total. The Labute approximate surface area is 102 Å². The maximum Gasteiger partial charge on any atom is 0.0418 e. The molecular formula is C14H21NS. The second-order valence-electron chi connectivity index (χ2n) is 5.37. The van der Waals surface area contributed by atoms with Gasteiger partial charge in [-0.3, -0.25) is 0 Å². The molecule has 16 heavy (non-hydrogen) atoms. The van der Waals surface area contributed by atoms with Gasteiger partial charge in [-0.25, -0.2) is 0 Å². The van der Waals surface area contributed by atoms with E-state index in [1.54, 1.807) is 10.4 Å². The summed E-state index contributed by atoms with van der Waals surface area (Å²) in [4.78, 5) is 3.10. The van der Waals surface area contributed by atoms with Crippen molar-refractivity contribution in [3.63, 3.8) is 0 Å². The lowest BCUT2D eigenvalue weighted by molar-refractivity contribution is 0.310. The van der Waals surface area contributed by atoms with Crippen molar-refractivity contribution in [2.45, 2.75) is 57.4 Å². The zero-order chi connectivity index (χ0) is 11.0. The Morgan fingerprint density at radius 2 is 1.94 bits per heavy atom. The first-order chi connectivity index (χ1) is 7.84. The lowest BCUT2D eigenvalue weighted by Crippen LogP contribution is -2.22. The minimum atomic E-state index is 0.330. The topological polar surface area (TPSA) is 26.0 Å². The highest BCUT2D eigenvalue weighted by atomic mass is 32.1. The number of thiophene rings is 1. The maximum absolute atomic E-state index is 6.44. The fourth-order valence-corrected chi connectivity index (χ4v) is 4.59. The summed E-state index contributed by atoms with van der Waals surface area (Å²) in [6.45, 7) is 0. The van der Waals surface area contributed by atoms with Crippen molar-refractivity contribution in [3.05, 3.63) is 21.4 Å². The van der Waals surface area contributed by atoms with Crippen LogP contribution in [0.3, 0.4) is 0 Å². The van der Waals surface area contributed by atoms with Gasteiger partial charge in [-0.05, 0) is 49.7 Å². The summed E-state index contributed by atoms with van der Waals surface area (Å²) >= 11 is 2.00. The quantitative estimate of drug-likeness (QED) is 0.828. The maximum atomic E-state index is 6.44. The predicted molar refractivity (Wildman–Crippen MR) is 69.8 cm³/mol. The van der Waals surface area contributed by atoms with Crippen molar-refractivity contribution in [3.8, 4) is 0 Å². The Kier molecular flexibility index (Phi) is 3.03. The van der Waals surface area contributed by atoms with E-state index in [9.17, 15) is 0 Å². The summed E-state index contributed by atoms with van der Waals surface area (Å²) in [5.74, 6) is 0.757. The van der Waals surface area contributed by atoms with Gasteiger partial charge in [-0.1, -0.05) is 19.3 Å². The van der Waals surface area contributed by atoms with Crippen LogP contribution in [0.5, 0.6) is 0 Å². The fourth-order valence-electron chi connectivity index (χ4n) is 3.24. The SMILES string of the molecule is NC(c1cc2c(s1)CCC2)C1CCCCC1. The van der Waals surface area contributed by atoms with Crippen molar-refractivity contribution in [1.29, 1.82) is 0 Å². The van der Waals surface area contributed by atoms with E-state index in [2.05, 4.69) is 6.07 Å². The van der Waals surface area contributed by atoms with Gasteiger partial charge >= 0.3 is 0 Å². The third-order valence-corrected chi connectivity index (χ3v) is 5.59. The molecule has 88 valence electrons. The average Bonchev–Trinajstić information content (AvgIpc) is 2.89. The van der Waals surface area contributed by atoms with Gasteiger partial charge < -0.3 is 5.73 Å². The Morgan fingerprint density at radius 3 is 2.69 bits per heavy atom. The van der Waals surface area contributed by atoms with Gasteiger partial charge in [0.1, 0.15) is 0 Å². The molecule has 0 spiro atoms. The largest absolute Gasteiger partial charge is 0.323 e. The van der Waals surface area contributed by atoms with Crippen LogP contribution in [-0.4, -0.2) is 0 Å². The van der Waals surface area contributed by atoms with Gasteiger partial charge in [-0.15, -0.1) is 11.3 Å². The zero-order valence-electron chi connectivity index (χ0n) is 9.87. The van der Waals surface area contributed by atoms with Crippen LogP contribution in [0.25, 0.3) is 0 Å². The molecule has 0 aliphatic heterocycles. The summed E-state index contributed by atoms with van der Waals surface area (Å²) in [6.07, 6.45) is 10.9. The van der Waals surface area contributed by atoms with E-state index < -0.39 is 0 Å². The van der Waals surface area contributed by atoms with Crippen LogP contribution in [0.1, 0.15) is 59.9 Å². The summed E-state index contributed by atoms with van der Waals surface area (Å²) in [5.41, 5.74) is 8.04. The van der Waals surface area contributed by atoms with Gasteiger partial charge in [0.2, 0.25) is 0 Å². The Balaban J connectivity index is 1.75. The fraction of sp³-hybridized carbons (Fsp3) is 0.714. The van der Waals surface area contributed by atoms with Crippen LogP contribution in [-0.2, 0) is 12.8 Å². The van der Waals surface area contributed by atoms with Crippen LogP contribution < -0.4 is 5.73 Å². The number of rotatable bonds is 2. The van der Waals surface area contributed by atoms with Crippen molar-refractivity contribution in [2.75, 3.05) is 0 Å². The number of aryl methyl sites for hydroxylation is 2. The first-order valence-electron chi connectivity index (χ1n) is 6.71. The molecule has 1 atom stereocenters. The molecule has 1 unspecified atom stereocenters. The van der Waals surface area contributed by atoms with Crippen LogP contribution in [0, 0.1) is 5.92 Å². The molecular weight excluding hydrogens is 214 g/mol. The molecule has 2 heteroatoms. The number of fused-ring (bicyclic) bond motifs is 1. The van der Waals surface area contributed by atoms with Gasteiger partial charge in [-0.2, -0.15) is 0 Å². The van der Waals surface area contributed by atoms with Gasteiger partial charge in [0.25, 0.3) is 0 Å². The second-order valence-corrected chi connectivity index (χ2v) is 6.54. The third-order valence-electron chi connectivity index (χ3n) is 4.25. The normalized spacial score (nSPS) is 23.3. The highest BCUT2D eigenvalue weighted by Gasteiger charge is 2.25. The summed E-state index contributed by atoms with van der Waals surface area (Å²) in [5, 5.41) is 0. The summed E-state index contributed by atoms with van der Waals surface area (Å²) in [7, 11) is 0. The van der Waals surface area contributed by atoms with Crippen LogP contribution in [0.4, 0.5) is 0 Å². The predicted octanol–water partition coefficient (Wildman–Crippen LogP) is 3.82. The molecule has 2 N–H and O–H groups in total. The average molecular weight is 235 g/mol. The van der Waals surface area contributed by atoms with E-state index in [1.165, 1.54) is 56.2 Å². The highest BCUT2D eigenvalue weighted by molar-refractivity contribution is 7.12. The Hall–Kier alpha value is -0.340. The molecule has 1 heterocycles. The molecule has 0 amide bonds. The number of hydrogen-bond donors (Lipinski definition) is 1. The molecule has 0 saturated heterocycles. The smallest absolute Gasteiger partial charge is 0.0418 e. The summed E-state index contributed by atoms with van der Waals surface area (Å²) < 4.78 is 0. The molecule has 0 aromatic carbocycles. The van der Waals surface area contributed by atoms with E-state index in [4.69, 9.17) is 5.73 Å². The minimum Gasteiger partial charge on any atom is -0.323 e. The van der Waals surface area contributed by atoms with Crippen molar-refractivity contribution < 1.29 is 0 Å². The number of nitrogens with two attached hydrogens (primary N) is 1. The Bertz CT molecular complexity index is 341. The van der Waals surface area contributed by atoms with Gasteiger partial charge in [0, 0.05) is 15.8 Å². The molecule has 1 fully saturated rings. The van der Waals surface area contributed by atoms with E-state index in [0.29, 0.717) is 6.04 Å². The first kappa shape index (κ1) is 10.8. The molecule has 0 radical (unpaired) electrons. The van der Waals surface area contributed by atoms with Crippen LogP contribution in [0.2, 0.25) is 0 Å². The molecule has 2 aliphatic carbocycles. The van der Waals surface area contributed by atoms with Crippen molar-refractivity contribution in [1.82, 2.24) is 0 Å². The van der Waals surface area contributed by atoms with Gasteiger partial charge in [0.05, 0.1) is 0 Å². The van der Waals surface area contributed by atoms with E-state index >= 15 is 0 Å². The van der Waals surface area contributed by atoms with Crippen LogP contribution >= 0.6 is 11.3 Å². The van der Waals surface area contributed by atoms with Crippen molar-refractivity contribution >= 4 is 11.3 Å². The molecule has 1 aromatic rings. The Morgan fingerprint density at radius 1 is 1.12 bits per heavy atom. The highest BCUT2D eigenvalue weighted by Crippen LogP contribution is 2.39. The summed E-state index contributed by atoms with van der Waals surface area (Å²) in [6, 6.07) is 2.74. The number of hydrogen-bond acceptors (Lipinski definition) is 2. The van der Waals surface area contributed by atoms with Gasteiger partial charge in [0.15, 0.2) is 0 Å². The second kappa shape index (κ2) is 4.50. The first-order valence-corrected chi connectivity index (χ1v) is 7.53. The minimum absolute atomic E-state index is 0.330. The lowest BCUT2D eigenvalue weighted by Gasteiger charge is -2.26. The molecule has 1 saturated carbocycles. The van der Waals surface area contributed by atoms with E-state index in [1.807, 2.05) is 11.3 Å². The molecule has 2 aliphatic rings.